The van der Waals surface area contributed by atoms with Gasteiger partial charge in [-0.25, -0.2) is 9.97 Å². The van der Waals surface area contributed by atoms with Gasteiger partial charge in [-0.3, -0.25) is 4.79 Å². The Hall–Kier alpha value is -2.74. The highest BCUT2D eigenvalue weighted by Gasteiger charge is 2.43. The first-order chi connectivity index (χ1) is 13.6. The Bertz CT molecular complexity index is 894. The van der Waals surface area contributed by atoms with E-state index in [1.165, 1.54) is 14.2 Å². The number of carbonyl (C=O) groups is 1. The minimum absolute atomic E-state index is 0.100. The monoisotopic (exact) mass is 384 g/mol. The van der Waals surface area contributed by atoms with E-state index in [1.54, 1.807) is 12.1 Å². The van der Waals surface area contributed by atoms with Gasteiger partial charge in [-0.05, 0) is 37.8 Å². The van der Waals surface area contributed by atoms with Crippen molar-refractivity contribution in [1.82, 2.24) is 19.9 Å². The summed E-state index contributed by atoms with van der Waals surface area (Å²) in [4.78, 5) is 28.1. The molecule has 0 N–H and O–H groups in total. The molecule has 2 aliphatic heterocycles. The molecule has 4 rings (SSSR count). The summed E-state index contributed by atoms with van der Waals surface area (Å²) in [5.74, 6) is 1.33. The van der Waals surface area contributed by atoms with Crippen molar-refractivity contribution >= 4 is 5.91 Å². The highest BCUT2D eigenvalue weighted by atomic mass is 16.5. The van der Waals surface area contributed by atoms with Crippen LogP contribution in [0.3, 0.4) is 0 Å². The van der Waals surface area contributed by atoms with E-state index in [0.717, 1.165) is 23.5 Å². The van der Waals surface area contributed by atoms with Crippen LogP contribution in [-0.4, -0.2) is 59.7 Å². The van der Waals surface area contributed by atoms with Gasteiger partial charge in [0.1, 0.15) is 17.0 Å². The number of fused-ring (bicyclic) bond motifs is 2. The fourth-order valence-electron chi connectivity index (χ4n) is 3.98. The predicted octanol–water partition coefficient (Wildman–Crippen LogP) is 1.90. The van der Waals surface area contributed by atoms with E-state index in [-0.39, 0.29) is 11.8 Å². The third-order valence-electron chi connectivity index (χ3n) is 5.49. The molecule has 2 aromatic heterocycles. The van der Waals surface area contributed by atoms with Crippen LogP contribution in [0.1, 0.15) is 40.3 Å². The SMILES string of the molecule is COc1ccc(C(=O)N2CCC3(CC2)OCCc2cnc(C)nc23)c(OC)n1. The zero-order chi connectivity index (χ0) is 19.7. The Kier molecular flexibility index (Phi) is 4.89. The Balaban J connectivity index is 1.54. The number of methoxy groups -OCH3 is 2. The Morgan fingerprint density at radius 3 is 2.68 bits per heavy atom. The molecule has 4 heterocycles. The van der Waals surface area contributed by atoms with Crippen LogP contribution in [0.4, 0.5) is 0 Å². The predicted molar refractivity (Wildman–Crippen MR) is 101 cm³/mol. The number of aromatic nitrogens is 3. The Labute approximate surface area is 163 Å². The molecule has 148 valence electrons. The molecule has 0 saturated carbocycles. The van der Waals surface area contributed by atoms with E-state index >= 15 is 0 Å². The smallest absolute Gasteiger partial charge is 0.259 e. The van der Waals surface area contributed by atoms with Crippen LogP contribution in [0.15, 0.2) is 18.3 Å². The van der Waals surface area contributed by atoms with E-state index < -0.39 is 5.60 Å². The third-order valence-corrected chi connectivity index (χ3v) is 5.49. The molecule has 1 saturated heterocycles. The van der Waals surface area contributed by atoms with E-state index in [1.807, 2.05) is 18.0 Å². The van der Waals surface area contributed by atoms with Crippen LogP contribution in [0.25, 0.3) is 0 Å². The summed E-state index contributed by atoms with van der Waals surface area (Å²) in [6.07, 6.45) is 4.14. The van der Waals surface area contributed by atoms with E-state index in [4.69, 9.17) is 14.2 Å². The molecule has 0 atom stereocenters. The fraction of sp³-hybridized carbons (Fsp3) is 0.500. The second-order valence-electron chi connectivity index (χ2n) is 7.09. The highest BCUT2D eigenvalue weighted by Crippen LogP contribution is 2.40. The van der Waals surface area contributed by atoms with E-state index in [2.05, 4.69) is 15.0 Å². The molecule has 0 aliphatic carbocycles. The summed E-state index contributed by atoms with van der Waals surface area (Å²) in [5, 5.41) is 0. The van der Waals surface area contributed by atoms with Crippen LogP contribution in [-0.2, 0) is 16.8 Å². The van der Waals surface area contributed by atoms with Crippen LogP contribution in [0.5, 0.6) is 11.8 Å². The Morgan fingerprint density at radius 2 is 1.96 bits per heavy atom. The summed E-state index contributed by atoms with van der Waals surface area (Å²) in [5.41, 5.74) is 2.14. The van der Waals surface area contributed by atoms with Crippen molar-refractivity contribution in [3.63, 3.8) is 0 Å². The molecule has 1 amide bonds. The minimum atomic E-state index is -0.430. The van der Waals surface area contributed by atoms with Gasteiger partial charge in [0, 0.05) is 25.4 Å². The number of amides is 1. The zero-order valence-electron chi connectivity index (χ0n) is 16.4. The van der Waals surface area contributed by atoms with Crippen LogP contribution in [0.2, 0.25) is 0 Å². The van der Waals surface area contributed by atoms with Gasteiger partial charge in [-0.15, -0.1) is 0 Å². The summed E-state index contributed by atoms with van der Waals surface area (Å²) in [7, 11) is 3.03. The van der Waals surface area contributed by atoms with Crippen LogP contribution < -0.4 is 9.47 Å². The van der Waals surface area contributed by atoms with E-state index in [0.29, 0.717) is 44.0 Å². The molecule has 1 fully saturated rings. The maximum atomic E-state index is 13.0. The minimum Gasteiger partial charge on any atom is -0.481 e. The van der Waals surface area contributed by atoms with Gasteiger partial charge in [-0.1, -0.05) is 0 Å². The number of aryl methyl sites for hydroxylation is 1. The lowest BCUT2D eigenvalue weighted by Crippen LogP contribution is -2.49. The first-order valence-electron chi connectivity index (χ1n) is 9.41. The van der Waals surface area contributed by atoms with Gasteiger partial charge in [0.2, 0.25) is 11.8 Å². The number of rotatable bonds is 3. The third kappa shape index (κ3) is 3.17. The van der Waals surface area contributed by atoms with Crippen molar-refractivity contribution in [2.75, 3.05) is 33.9 Å². The number of pyridine rings is 1. The second-order valence-corrected chi connectivity index (χ2v) is 7.09. The normalized spacial score (nSPS) is 17.9. The average molecular weight is 384 g/mol. The molecular formula is C20H24N4O4. The molecule has 2 aromatic rings. The van der Waals surface area contributed by atoms with Gasteiger partial charge in [-0.2, -0.15) is 4.98 Å². The molecule has 8 nitrogen and oxygen atoms in total. The summed E-state index contributed by atoms with van der Waals surface area (Å²) in [6, 6.07) is 3.36. The second kappa shape index (κ2) is 7.35. The number of hydrogen-bond donors (Lipinski definition) is 0. The van der Waals surface area contributed by atoms with Crippen molar-refractivity contribution in [3.8, 4) is 11.8 Å². The molecule has 0 radical (unpaired) electrons. The lowest BCUT2D eigenvalue weighted by molar-refractivity contribution is -0.0969. The number of nitrogens with zero attached hydrogens (tertiary/aromatic N) is 4. The van der Waals surface area contributed by atoms with Crippen LogP contribution >= 0.6 is 0 Å². The maximum Gasteiger partial charge on any atom is 0.259 e. The van der Waals surface area contributed by atoms with Gasteiger partial charge in [0.05, 0.1) is 26.5 Å². The molecule has 2 aliphatic rings. The lowest BCUT2D eigenvalue weighted by Gasteiger charge is -2.44. The number of likely N-dealkylation sites (tertiary alicyclic amines) is 1. The number of hydrogen-bond acceptors (Lipinski definition) is 7. The zero-order valence-corrected chi connectivity index (χ0v) is 16.4. The lowest BCUT2D eigenvalue weighted by atomic mass is 9.83. The Morgan fingerprint density at radius 1 is 1.18 bits per heavy atom. The summed E-state index contributed by atoms with van der Waals surface area (Å²) >= 11 is 0. The van der Waals surface area contributed by atoms with Crippen molar-refractivity contribution in [2.24, 2.45) is 0 Å². The summed E-state index contributed by atoms with van der Waals surface area (Å²) < 4.78 is 16.6. The van der Waals surface area contributed by atoms with Crippen molar-refractivity contribution in [2.45, 2.75) is 31.8 Å². The van der Waals surface area contributed by atoms with Crippen molar-refractivity contribution in [1.29, 1.82) is 0 Å². The van der Waals surface area contributed by atoms with Crippen molar-refractivity contribution in [3.05, 3.63) is 41.0 Å². The molecule has 0 bridgehead atoms. The largest absolute Gasteiger partial charge is 0.481 e. The number of piperidine rings is 1. The number of ether oxygens (including phenoxy) is 3. The number of carbonyl (C=O) groups excluding carboxylic acids is 1. The standard InChI is InChI=1S/C20H24N4O4/c1-13-21-12-14-6-11-28-20(17(14)22-13)7-9-24(10-8-20)19(25)15-4-5-16(26-2)23-18(15)27-3/h4-5,12H,6-11H2,1-3H3. The topological polar surface area (TPSA) is 86.7 Å². The quantitative estimate of drug-likeness (QED) is 0.799. The first-order valence-corrected chi connectivity index (χ1v) is 9.41. The molecular weight excluding hydrogens is 360 g/mol. The molecule has 1 spiro atoms. The van der Waals surface area contributed by atoms with Crippen molar-refractivity contribution < 1.29 is 19.0 Å². The molecule has 0 aromatic carbocycles. The van der Waals surface area contributed by atoms with E-state index in [9.17, 15) is 4.79 Å². The fourth-order valence-corrected chi connectivity index (χ4v) is 3.98. The van der Waals surface area contributed by atoms with Gasteiger partial charge in [0.25, 0.3) is 5.91 Å². The van der Waals surface area contributed by atoms with Crippen LogP contribution in [0, 0.1) is 6.92 Å². The molecule has 8 heteroatoms. The van der Waals surface area contributed by atoms with Gasteiger partial charge < -0.3 is 19.1 Å². The molecule has 28 heavy (non-hydrogen) atoms. The average Bonchev–Trinajstić information content (AvgIpc) is 2.74. The molecule has 0 unspecified atom stereocenters. The first kappa shape index (κ1) is 18.6. The van der Waals surface area contributed by atoms with Gasteiger partial charge >= 0.3 is 0 Å². The maximum absolute atomic E-state index is 13.0. The summed E-state index contributed by atoms with van der Waals surface area (Å²) in [6.45, 7) is 3.71. The highest BCUT2D eigenvalue weighted by molar-refractivity contribution is 5.96. The van der Waals surface area contributed by atoms with Gasteiger partial charge in [0.15, 0.2) is 0 Å².